The number of carbonyl (C=O) groups is 1. The summed E-state index contributed by atoms with van der Waals surface area (Å²) in [6, 6.07) is 8.24. The van der Waals surface area contributed by atoms with Gasteiger partial charge in [-0.05, 0) is 60.6 Å². The lowest BCUT2D eigenvalue weighted by atomic mass is 9.49. The van der Waals surface area contributed by atoms with Crippen molar-refractivity contribution in [1.29, 1.82) is 0 Å². The van der Waals surface area contributed by atoms with E-state index in [1.165, 1.54) is 24.0 Å². The molecule has 0 aromatic heterocycles. The number of hydrogen-bond acceptors (Lipinski definition) is 3. The molecule has 1 saturated heterocycles. The molecular formula is C26H39N3O2. The number of fused-ring (bicyclic) bond motifs is 1. The molecule has 5 rings (SSSR count). The molecule has 2 fully saturated rings. The number of nitrogens with one attached hydrogen (secondary N) is 1. The van der Waals surface area contributed by atoms with Crippen LogP contribution in [0.5, 0.6) is 0 Å². The molecule has 2 unspecified atom stereocenters. The van der Waals surface area contributed by atoms with Gasteiger partial charge in [0.15, 0.2) is 0 Å². The van der Waals surface area contributed by atoms with Crippen molar-refractivity contribution >= 4 is 11.7 Å². The number of urea groups is 1. The number of rotatable bonds is 8. The molecule has 1 N–H and O–H groups in total. The smallest absolute Gasteiger partial charge is 0.322 e. The van der Waals surface area contributed by atoms with Crippen LogP contribution in [0.3, 0.4) is 0 Å². The van der Waals surface area contributed by atoms with Gasteiger partial charge in [0.25, 0.3) is 0 Å². The number of carbonyl (C=O) groups excluding carboxylic acids is 1. The molecule has 2 amide bonds. The Morgan fingerprint density at radius 3 is 2.61 bits per heavy atom. The summed E-state index contributed by atoms with van der Waals surface area (Å²) in [6.07, 6.45) is 6.88. The first-order valence-corrected chi connectivity index (χ1v) is 12.1. The van der Waals surface area contributed by atoms with Crippen LogP contribution in [0.2, 0.25) is 0 Å². The minimum atomic E-state index is 0.0198. The lowest BCUT2D eigenvalue weighted by Crippen LogP contribution is -2.50. The van der Waals surface area contributed by atoms with Crippen LogP contribution in [0, 0.1) is 17.3 Å². The van der Waals surface area contributed by atoms with Gasteiger partial charge in [0.2, 0.25) is 0 Å². The number of morpholine rings is 1. The van der Waals surface area contributed by atoms with E-state index >= 15 is 0 Å². The summed E-state index contributed by atoms with van der Waals surface area (Å²) in [5, 5.41) is 3.15. The van der Waals surface area contributed by atoms with Crippen LogP contribution < -0.4 is 5.32 Å². The van der Waals surface area contributed by atoms with Crippen molar-refractivity contribution < 1.29 is 9.53 Å². The zero-order chi connectivity index (χ0) is 21.8. The number of hydrogen-bond donors (Lipinski definition) is 1. The third-order valence-corrected chi connectivity index (χ3v) is 7.86. The Hall–Kier alpha value is -1.85. The van der Waals surface area contributed by atoms with Gasteiger partial charge in [-0.15, -0.1) is 0 Å². The van der Waals surface area contributed by atoms with Crippen molar-refractivity contribution in [2.75, 3.05) is 51.3 Å². The first-order valence-electron chi connectivity index (χ1n) is 12.1. The normalized spacial score (nSPS) is 24.8. The lowest BCUT2D eigenvalue weighted by Gasteiger charge is -2.57. The Kier molecular flexibility index (Phi) is 7.02. The molecule has 3 aliphatic carbocycles. The summed E-state index contributed by atoms with van der Waals surface area (Å²) in [4.78, 5) is 17.7. The number of anilines is 1. The Bertz CT molecular complexity index is 780. The Morgan fingerprint density at radius 2 is 1.97 bits per heavy atom. The minimum Gasteiger partial charge on any atom is -0.379 e. The van der Waals surface area contributed by atoms with Crippen LogP contribution >= 0.6 is 0 Å². The quantitative estimate of drug-likeness (QED) is 0.609. The fraction of sp³-hybridized carbons (Fsp3) is 0.654. The largest absolute Gasteiger partial charge is 0.379 e. The highest BCUT2D eigenvalue weighted by molar-refractivity contribution is 5.89. The molecule has 2 atom stereocenters. The molecule has 31 heavy (non-hydrogen) atoms. The fourth-order valence-electron chi connectivity index (χ4n) is 5.46. The van der Waals surface area contributed by atoms with Gasteiger partial charge < -0.3 is 15.0 Å². The molecule has 1 saturated carbocycles. The Labute approximate surface area is 187 Å². The monoisotopic (exact) mass is 425 g/mol. The molecule has 0 spiro atoms. The highest BCUT2D eigenvalue weighted by Crippen LogP contribution is 2.59. The van der Waals surface area contributed by atoms with E-state index in [9.17, 15) is 4.79 Å². The van der Waals surface area contributed by atoms with Crippen LogP contribution in [0.4, 0.5) is 10.5 Å². The summed E-state index contributed by atoms with van der Waals surface area (Å²) < 4.78 is 5.46. The average Bonchev–Trinajstić information content (AvgIpc) is 2.79. The first-order chi connectivity index (χ1) is 15.0. The van der Waals surface area contributed by atoms with E-state index in [0.717, 1.165) is 70.4 Å². The van der Waals surface area contributed by atoms with Gasteiger partial charge in [-0.3, -0.25) is 4.90 Å². The third kappa shape index (κ3) is 5.15. The summed E-state index contributed by atoms with van der Waals surface area (Å²) >= 11 is 0. The van der Waals surface area contributed by atoms with Crippen LogP contribution in [0.1, 0.15) is 45.6 Å². The predicted octanol–water partition coefficient (Wildman–Crippen LogP) is 4.80. The van der Waals surface area contributed by atoms with E-state index in [1.54, 1.807) is 0 Å². The van der Waals surface area contributed by atoms with E-state index in [2.05, 4.69) is 49.2 Å². The highest BCUT2D eigenvalue weighted by Gasteiger charge is 2.51. The topological polar surface area (TPSA) is 44.8 Å². The van der Waals surface area contributed by atoms with Gasteiger partial charge in [0.1, 0.15) is 0 Å². The van der Waals surface area contributed by atoms with Gasteiger partial charge >= 0.3 is 6.03 Å². The molecule has 2 bridgehead atoms. The summed E-state index contributed by atoms with van der Waals surface area (Å²) in [7, 11) is 0. The van der Waals surface area contributed by atoms with Crippen molar-refractivity contribution in [3.63, 3.8) is 0 Å². The van der Waals surface area contributed by atoms with Crippen LogP contribution in [0.25, 0.3) is 0 Å². The second-order valence-electron chi connectivity index (χ2n) is 10.0. The van der Waals surface area contributed by atoms with Gasteiger partial charge in [0.05, 0.1) is 13.2 Å². The van der Waals surface area contributed by atoms with Crippen LogP contribution in [0.15, 0.2) is 35.9 Å². The molecule has 0 radical (unpaired) electrons. The maximum atomic E-state index is 13.3. The molecule has 5 nitrogen and oxygen atoms in total. The maximum absolute atomic E-state index is 13.3. The van der Waals surface area contributed by atoms with E-state index in [4.69, 9.17) is 4.74 Å². The van der Waals surface area contributed by atoms with Gasteiger partial charge in [-0.1, -0.05) is 44.6 Å². The van der Waals surface area contributed by atoms with E-state index in [-0.39, 0.29) is 6.03 Å². The molecule has 4 aliphatic rings. The molecular weight excluding hydrogens is 386 g/mol. The Balaban J connectivity index is 1.39. The van der Waals surface area contributed by atoms with Gasteiger partial charge in [0, 0.05) is 38.4 Å². The van der Waals surface area contributed by atoms with Gasteiger partial charge in [-0.25, -0.2) is 4.79 Å². The lowest BCUT2D eigenvalue weighted by molar-refractivity contribution is -0.00964. The minimum absolute atomic E-state index is 0.0198. The van der Waals surface area contributed by atoms with Crippen molar-refractivity contribution in [3.8, 4) is 0 Å². The van der Waals surface area contributed by atoms with Gasteiger partial charge in [-0.2, -0.15) is 0 Å². The van der Waals surface area contributed by atoms with Crippen LogP contribution in [-0.2, 0) is 11.2 Å². The zero-order valence-corrected chi connectivity index (χ0v) is 19.5. The van der Waals surface area contributed by atoms with Crippen molar-refractivity contribution in [2.24, 2.45) is 17.3 Å². The van der Waals surface area contributed by atoms with E-state index in [1.807, 2.05) is 17.0 Å². The standard InChI is InChI=1S/C26H39N3O2/c1-4-20-6-10-23(11-7-20)27-25(30)29(13-5-12-28-14-16-31-17-15-28)19-21-8-9-22-18-24(21)26(22,2)3/h6-8,10-11,22,24H,4-5,9,12-19H2,1-3H3,(H,27,30). The Morgan fingerprint density at radius 1 is 1.23 bits per heavy atom. The number of benzene rings is 1. The number of allylic oxidation sites excluding steroid dienone is 1. The van der Waals surface area contributed by atoms with E-state index < -0.39 is 0 Å². The number of amides is 2. The summed E-state index contributed by atoms with van der Waals surface area (Å²) in [5.74, 6) is 1.45. The number of nitrogens with zero attached hydrogens (tertiary/aromatic N) is 2. The molecule has 170 valence electrons. The molecule has 1 aromatic rings. The average molecular weight is 426 g/mol. The summed E-state index contributed by atoms with van der Waals surface area (Å²) in [6.45, 7) is 13.1. The maximum Gasteiger partial charge on any atom is 0.322 e. The predicted molar refractivity (Wildman–Crippen MR) is 126 cm³/mol. The highest BCUT2D eigenvalue weighted by atomic mass is 16.5. The zero-order valence-electron chi connectivity index (χ0n) is 19.5. The molecule has 1 heterocycles. The third-order valence-electron chi connectivity index (χ3n) is 7.86. The molecule has 1 aromatic carbocycles. The second kappa shape index (κ2) is 9.74. The van der Waals surface area contributed by atoms with Crippen LogP contribution in [-0.4, -0.2) is 61.8 Å². The van der Waals surface area contributed by atoms with E-state index in [0.29, 0.717) is 11.3 Å². The number of ether oxygens (including phenoxy) is 1. The second-order valence-corrected chi connectivity index (χ2v) is 10.0. The fourth-order valence-corrected chi connectivity index (χ4v) is 5.46. The summed E-state index contributed by atoms with van der Waals surface area (Å²) in [5.41, 5.74) is 4.02. The molecule has 5 heteroatoms. The SMILES string of the molecule is CCc1ccc(NC(=O)N(CCCN2CCOCC2)CC2=CCC3CC2C3(C)C)cc1. The first kappa shape index (κ1) is 22.3. The van der Waals surface area contributed by atoms with Crippen molar-refractivity contribution in [2.45, 2.75) is 46.5 Å². The number of aryl methyl sites for hydroxylation is 1. The molecule has 1 aliphatic heterocycles. The van der Waals surface area contributed by atoms with Crippen molar-refractivity contribution in [3.05, 3.63) is 41.5 Å². The van der Waals surface area contributed by atoms with Crippen molar-refractivity contribution in [1.82, 2.24) is 9.80 Å².